The van der Waals surface area contributed by atoms with E-state index in [4.69, 9.17) is 9.97 Å². The van der Waals surface area contributed by atoms with E-state index in [2.05, 4.69) is 61.9 Å². The Labute approximate surface area is 175 Å². The van der Waals surface area contributed by atoms with Gasteiger partial charge >= 0.3 is 0 Å². The summed E-state index contributed by atoms with van der Waals surface area (Å²) in [6.07, 6.45) is 0. The minimum absolute atomic E-state index is 0.716. The number of hydrogen-bond donors (Lipinski definition) is 3. The van der Waals surface area contributed by atoms with E-state index >= 15 is 0 Å². The van der Waals surface area contributed by atoms with Crippen molar-refractivity contribution in [1.82, 2.24) is 25.1 Å². The molecule has 3 N–H and O–H groups in total. The molecule has 29 heavy (non-hydrogen) atoms. The van der Waals surface area contributed by atoms with Crippen LogP contribution in [0.25, 0.3) is 0 Å². The predicted molar refractivity (Wildman–Crippen MR) is 118 cm³/mol. The van der Waals surface area contributed by atoms with Crippen LogP contribution in [0.2, 0.25) is 0 Å². The highest BCUT2D eigenvalue weighted by Crippen LogP contribution is 2.30. The van der Waals surface area contributed by atoms with Crippen LogP contribution in [0.15, 0.2) is 46.5 Å². The molecule has 9 heteroatoms. The molecule has 8 nitrogen and oxygen atoms in total. The number of piperazine rings is 1. The van der Waals surface area contributed by atoms with E-state index in [1.165, 1.54) is 0 Å². The summed E-state index contributed by atoms with van der Waals surface area (Å²) < 4.78 is 0. The molecule has 0 saturated carbocycles. The molecule has 152 valence electrons. The van der Waals surface area contributed by atoms with E-state index in [1.54, 1.807) is 11.8 Å². The average Bonchev–Trinajstić information content (AvgIpc) is 3.13. The van der Waals surface area contributed by atoms with E-state index in [1.807, 2.05) is 26.1 Å². The Kier molecular flexibility index (Phi) is 5.86. The lowest BCUT2D eigenvalue weighted by Crippen LogP contribution is -2.44. The van der Waals surface area contributed by atoms with Gasteiger partial charge in [0.1, 0.15) is 11.6 Å². The number of hydrogen-bond acceptors (Lipinski definition) is 8. The summed E-state index contributed by atoms with van der Waals surface area (Å²) in [5.41, 5.74) is 2.08. The van der Waals surface area contributed by atoms with Gasteiger partial charge in [-0.15, -0.1) is 0 Å². The van der Waals surface area contributed by atoms with E-state index in [0.717, 1.165) is 59.9 Å². The highest BCUT2D eigenvalue weighted by molar-refractivity contribution is 7.99. The van der Waals surface area contributed by atoms with Crippen LogP contribution in [0.5, 0.6) is 0 Å². The second-order valence-electron chi connectivity index (χ2n) is 7.12. The third-order valence-corrected chi connectivity index (χ3v) is 5.71. The average molecular weight is 411 g/mol. The molecule has 0 aliphatic carbocycles. The maximum absolute atomic E-state index is 4.84. The van der Waals surface area contributed by atoms with Gasteiger partial charge in [0.2, 0.25) is 0 Å². The lowest BCUT2D eigenvalue weighted by atomic mass is 10.3. The summed E-state index contributed by atoms with van der Waals surface area (Å²) in [6.45, 7) is 5.94. The SMILES string of the molecule is CNc1ccc(Sc2nc(Nc3cc(C)[nH]n3)cc(N3CCN(C)CC3)n2)cc1. The molecule has 1 fully saturated rings. The van der Waals surface area contributed by atoms with Crippen LogP contribution in [0.1, 0.15) is 5.69 Å². The first-order chi connectivity index (χ1) is 14.1. The lowest BCUT2D eigenvalue weighted by molar-refractivity contribution is 0.312. The Morgan fingerprint density at radius 1 is 1.00 bits per heavy atom. The summed E-state index contributed by atoms with van der Waals surface area (Å²) in [7, 11) is 4.07. The lowest BCUT2D eigenvalue weighted by Gasteiger charge is -2.33. The van der Waals surface area contributed by atoms with Crippen molar-refractivity contribution in [2.45, 2.75) is 17.0 Å². The molecule has 3 aromatic rings. The van der Waals surface area contributed by atoms with E-state index in [9.17, 15) is 0 Å². The summed E-state index contributed by atoms with van der Waals surface area (Å²) in [5, 5.41) is 14.4. The van der Waals surface area contributed by atoms with Crippen LogP contribution in [-0.2, 0) is 0 Å². The van der Waals surface area contributed by atoms with E-state index in [0.29, 0.717) is 5.16 Å². The molecule has 0 radical (unpaired) electrons. The Bertz CT molecular complexity index is 947. The number of H-pyrrole nitrogens is 1. The first-order valence-electron chi connectivity index (χ1n) is 9.66. The van der Waals surface area contributed by atoms with Gasteiger partial charge in [0.15, 0.2) is 11.0 Å². The molecule has 4 rings (SSSR count). The number of aryl methyl sites for hydroxylation is 1. The molecule has 0 bridgehead atoms. The van der Waals surface area contributed by atoms with Crippen molar-refractivity contribution in [3.63, 3.8) is 0 Å². The highest BCUT2D eigenvalue weighted by Gasteiger charge is 2.18. The minimum atomic E-state index is 0.716. The third-order valence-electron chi connectivity index (χ3n) is 4.83. The summed E-state index contributed by atoms with van der Waals surface area (Å²) in [5.74, 6) is 2.44. The van der Waals surface area contributed by atoms with Crippen molar-refractivity contribution in [3.8, 4) is 0 Å². The number of aromatic amines is 1. The van der Waals surface area contributed by atoms with Crippen LogP contribution in [-0.4, -0.2) is 65.3 Å². The Morgan fingerprint density at radius 2 is 1.76 bits per heavy atom. The number of nitrogens with one attached hydrogen (secondary N) is 3. The Balaban J connectivity index is 1.61. The molecule has 0 unspecified atom stereocenters. The quantitative estimate of drug-likeness (QED) is 0.534. The molecular weight excluding hydrogens is 384 g/mol. The largest absolute Gasteiger partial charge is 0.388 e. The zero-order valence-electron chi connectivity index (χ0n) is 16.9. The fraction of sp³-hybridized carbons (Fsp3) is 0.350. The van der Waals surface area contributed by atoms with E-state index in [-0.39, 0.29) is 0 Å². The van der Waals surface area contributed by atoms with E-state index < -0.39 is 0 Å². The summed E-state index contributed by atoms with van der Waals surface area (Å²) in [4.78, 5) is 15.3. The van der Waals surface area contributed by atoms with Gasteiger partial charge in [-0.1, -0.05) is 0 Å². The molecule has 1 aliphatic rings. The standard InChI is InChI=1S/C20H26N8S/c1-14-12-18(26-25-14)22-17-13-19(28-10-8-27(3)9-11-28)24-20(23-17)29-16-6-4-15(21-2)5-7-16/h4-7,12-13,21H,8-11H2,1-3H3,(H2,22,23,24,25,26). The van der Waals surface area contributed by atoms with Crippen LogP contribution < -0.4 is 15.5 Å². The number of nitrogens with zero attached hydrogens (tertiary/aromatic N) is 5. The van der Waals surface area contributed by atoms with Gasteiger partial charge in [-0.3, -0.25) is 5.10 Å². The van der Waals surface area contributed by atoms with Gasteiger partial charge in [0.05, 0.1) is 0 Å². The zero-order valence-corrected chi connectivity index (χ0v) is 17.8. The van der Waals surface area contributed by atoms with Gasteiger partial charge in [-0.25, -0.2) is 9.97 Å². The first-order valence-corrected chi connectivity index (χ1v) is 10.5. The summed E-state index contributed by atoms with van der Waals surface area (Å²) in [6, 6.07) is 12.2. The van der Waals surface area contributed by atoms with Gasteiger partial charge in [-0.05, 0) is 50.0 Å². The molecule has 2 aromatic heterocycles. The van der Waals surface area contributed by atoms with Gasteiger partial charge in [0.25, 0.3) is 0 Å². The molecular formula is C20H26N8S. The zero-order chi connectivity index (χ0) is 20.2. The Hall–Kier alpha value is -2.78. The number of rotatable bonds is 6. The molecule has 1 aliphatic heterocycles. The number of aromatic nitrogens is 4. The second kappa shape index (κ2) is 8.71. The maximum Gasteiger partial charge on any atom is 0.196 e. The van der Waals surface area contributed by atoms with Crippen LogP contribution in [0.3, 0.4) is 0 Å². The van der Waals surface area contributed by atoms with Gasteiger partial charge in [-0.2, -0.15) is 5.10 Å². The van der Waals surface area contributed by atoms with Crippen LogP contribution >= 0.6 is 11.8 Å². The number of anilines is 4. The molecule has 0 atom stereocenters. The van der Waals surface area contributed by atoms with Crippen molar-refractivity contribution < 1.29 is 0 Å². The normalized spacial score (nSPS) is 14.8. The second-order valence-corrected chi connectivity index (χ2v) is 8.16. The summed E-state index contributed by atoms with van der Waals surface area (Å²) >= 11 is 1.56. The maximum atomic E-state index is 4.84. The third kappa shape index (κ3) is 4.99. The van der Waals surface area contributed by atoms with Crippen molar-refractivity contribution in [1.29, 1.82) is 0 Å². The van der Waals surface area contributed by atoms with Crippen LogP contribution in [0, 0.1) is 6.92 Å². The minimum Gasteiger partial charge on any atom is -0.388 e. The Morgan fingerprint density at radius 3 is 2.41 bits per heavy atom. The van der Waals surface area contributed by atoms with Gasteiger partial charge in [0, 0.05) is 61.6 Å². The van der Waals surface area contributed by atoms with Crippen molar-refractivity contribution in [2.24, 2.45) is 0 Å². The van der Waals surface area contributed by atoms with Crippen LogP contribution in [0.4, 0.5) is 23.1 Å². The predicted octanol–water partition coefficient (Wildman–Crippen LogP) is 3.20. The molecule has 1 saturated heterocycles. The fourth-order valence-corrected chi connectivity index (χ4v) is 3.89. The first kappa shape index (κ1) is 19.5. The monoisotopic (exact) mass is 410 g/mol. The van der Waals surface area contributed by atoms with Crippen molar-refractivity contribution >= 4 is 34.9 Å². The number of benzene rings is 1. The van der Waals surface area contributed by atoms with Gasteiger partial charge < -0.3 is 20.4 Å². The fourth-order valence-electron chi connectivity index (χ4n) is 3.13. The molecule has 1 aromatic carbocycles. The van der Waals surface area contributed by atoms with Crippen molar-refractivity contribution in [2.75, 3.05) is 55.8 Å². The smallest absolute Gasteiger partial charge is 0.196 e. The topological polar surface area (TPSA) is 85.0 Å². The molecule has 0 spiro atoms. The van der Waals surface area contributed by atoms with Crippen molar-refractivity contribution in [3.05, 3.63) is 42.1 Å². The highest BCUT2D eigenvalue weighted by atomic mass is 32.2. The molecule has 0 amide bonds. The number of likely N-dealkylation sites (N-methyl/N-ethyl adjacent to an activating group) is 1. The molecule has 3 heterocycles.